The van der Waals surface area contributed by atoms with Gasteiger partial charge in [0.15, 0.2) is 0 Å². The smallest absolute Gasteiger partial charge is 0.263 e. The summed E-state index contributed by atoms with van der Waals surface area (Å²) in [4.78, 5) is 12.1. The van der Waals surface area contributed by atoms with Crippen molar-refractivity contribution in [2.75, 3.05) is 10.0 Å². The number of nitrogens with zero attached hydrogens (tertiary/aromatic N) is 2. The molecule has 1 amide bonds. The second-order valence-electron chi connectivity index (χ2n) is 5.72. The first-order valence-corrected chi connectivity index (χ1v) is 10.8. The third-order valence-electron chi connectivity index (χ3n) is 3.65. The fraction of sp³-hybridized carbons (Fsp3) is 0.105. The monoisotopic (exact) mass is 414 g/mol. The maximum atomic E-state index is 12.4. The minimum absolute atomic E-state index is 0.0681. The van der Waals surface area contributed by atoms with Crippen LogP contribution in [-0.4, -0.2) is 24.5 Å². The molecular formula is C19H18N4O3S2. The lowest BCUT2D eigenvalue weighted by Crippen LogP contribution is -2.13. The van der Waals surface area contributed by atoms with Gasteiger partial charge in [-0.1, -0.05) is 48.6 Å². The Morgan fingerprint density at radius 1 is 1.07 bits per heavy atom. The van der Waals surface area contributed by atoms with Gasteiger partial charge in [0.25, 0.3) is 10.0 Å². The molecule has 0 fully saturated rings. The van der Waals surface area contributed by atoms with Crippen LogP contribution >= 0.6 is 11.3 Å². The van der Waals surface area contributed by atoms with Crippen LogP contribution in [0, 0.1) is 0 Å². The van der Waals surface area contributed by atoms with Gasteiger partial charge >= 0.3 is 0 Å². The largest absolute Gasteiger partial charge is 0.323 e. The van der Waals surface area contributed by atoms with Gasteiger partial charge in [0.2, 0.25) is 11.0 Å². The van der Waals surface area contributed by atoms with Crippen molar-refractivity contribution < 1.29 is 13.2 Å². The molecule has 0 aliphatic heterocycles. The molecule has 28 heavy (non-hydrogen) atoms. The number of rotatable bonds is 7. The second-order valence-corrected chi connectivity index (χ2v) is 8.46. The lowest BCUT2D eigenvalue weighted by atomic mass is 10.2. The first-order chi connectivity index (χ1) is 13.5. The van der Waals surface area contributed by atoms with Crippen LogP contribution in [0.15, 0.2) is 65.6 Å². The summed E-state index contributed by atoms with van der Waals surface area (Å²) in [7, 11) is -3.77. The summed E-state index contributed by atoms with van der Waals surface area (Å²) in [5.41, 5.74) is 1.40. The molecule has 144 valence electrons. The van der Waals surface area contributed by atoms with Crippen LogP contribution in [-0.2, 0) is 21.2 Å². The third-order valence-corrected chi connectivity index (χ3v) is 6.12. The molecule has 3 rings (SSSR count). The lowest BCUT2D eigenvalue weighted by Gasteiger charge is -2.06. The van der Waals surface area contributed by atoms with Gasteiger partial charge in [-0.3, -0.25) is 9.52 Å². The number of sulfonamides is 1. The Bertz CT molecular complexity index is 1080. The van der Waals surface area contributed by atoms with Crippen molar-refractivity contribution in [1.82, 2.24) is 10.2 Å². The van der Waals surface area contributed by atoms with Gasteiger partial charge in [-0.05, 0) is 42.3 Å². The molecule has 2 aromatic carbocycles. The van der Waals surface area contributed by atoms with Gasteiger partial charge < -0.3 is 5.32 Å². The molecule has 0 unspecified atom stereocenters. The fourth-order valence-corrected chi connectivity index (χ4v) is 4.16. The molecule has 0 saturated heterocycles. The molecule has 1 heterocycles. The van der Waals surface area contributed by atoms with Crippen LogP contribution in [0.5, 0.6) is 0 Å². The van der Waals surface area contributed by atoms with Crippen molar-refractivity contribution in [1.29, 1.82) is 0 Å². The molecule has 3 aromatic rings. The van der Waals surface area contributed by atoms with Crippen molar-refractivity contribution in [3.8, 4) is 0 Å². The van der Waals surface area contributed by atoms with E-state index >= 15 is 0 Å². The first-order valence-electron chi connectivity index (χ1n) is 8.45. The molecular weight excluding hydrogens is 396 g/mol. The van der Waals surface area contributed by atoms with E-state index in [1.807, 2.05) is 37.3 Å². The van der Waals surface area contributed by atoms with Gasteiger partial charge in [0, 0.05) is 11.8 Å². The van der Waals surface area contributed by atoms with Crippen molar-refractivity contribution in [3.63, 3.8) is 0 Å². The summed E-state index contributed by atoms with van der Waals surface area (Å²) in [6.07, 6.45) is 3.81. The zero-order chi connectivity index (χ0) is 20.0. The summed E-state index contributed by atoms with van der Waals surface area (Å²) < 4.78 is 27.2. The Kier molecular flexibility index (Phi) is 6.17. The predicted molar refractivity (Wildman–Crippen MR) is 111 cm³/mol. The highest BCUT2D eigenvalue weighted by molar-refractivity contribution is 7.93. The van der Waals surface area contributed by atoms with E-state index in [2.05, 4.69) is 20.2 Å². The normalized spacial score (nSPS) is 11.5. The predicted octanol–water partition coefficient (Wildman–Crippen LogP) is 3.55. The summed E-state index contributed by atoms with van der Waals surface area (Å²) in [6, 6.07) is 15.3. The van der Waals surface area contributed by atoms with Crippen LogP contribution in [0.1, 0.15) is 17.5 Å². The van der Waals surface area contributed by atoms with Crippen LogP contribution in [0.3, 0.4) is 0 Å². The van der Waals surface area contributed by atoms with E-state index in [0.717, 1.165) is 10.6 Å². The van der Waals surface area contributed by atoms with Crippen molar-refractivity contribution in [2.24, 2.45) is 0 Å². The molecule has 0 radical (unpaired) electrons. The number of anilines is 2. The topological polar surface area (TPSA) is 101 Å². The molecule has 0 aliphatic rings. The second kappa shape index (κ2) is 8.77. The summed E-state index contributed by atoms with van der Waals surface area (Å²) in [5.74, 6) is -0.307. The maximum Gasteiger partial charge on any atom is 0.263 e. The van der Waals surface area contributed by atoms with Gasteiger partial charge in [-0.2, -0.15) is 0 Å². The number of benzene rings is 2. The molecule has 0 saturated carbocycles. The number of aryl methyl sites for hydroxylation is 1. The summed E-state index contributed by atoms with van der Waals surface area (Å²) in [5, 5.41) is 11.4. The Balaban J connectivity index is 1.63. The lowest BCUT2D eigenvalue weighted by molar-refractivity contribution is -0.111. The molecule has 9 heteroatoms. The van der Waals surface area contributed by atoms with Crippen LogP contribution in [0.25, 0.3) is 6.08 Å². The van der Waals surface area contributed by atoms with E-state index in [9.17, 15) is 13.2 Å². The molecule has 0 spiro atoms. The molecule has 0 aliphatic carbocycles. The number of aromatic nitrogens is 2. The third kappa shape index (κ3) is 5.24. The van der Waals surface area contributed by atoms with Gasteiger partial charge in [-0.25, -0.2) is 8.42 Å². The van der Waals surface area contributed by atoms with E-state index in [-0.39, 0.29) is 15.9 Å². The van der Waals surface area contributed by atoms with Crippen molar-refractivity contribution >= 4 is 44.2 Å². The number of nitrogens with one attached hydrogen (secondary N) is 2. The molecule has 0 bridgehead atoms. The number of hydrogen-bond acceptors (Lipinski definition) is 6. The van der Waals surface area contributed by atoms with E-state index in [1.54, 1.807) is 6.08 Å². The Hall–Kier alpha value is -3.04. The van der Waals surface area contributed by atoms with Gasteiger partial charge in [0.05, 0.1) is 4.90 Å². The Morgan fingerprint density at radius 3 is 2.43 bits per heavy atom. The zero-order valence-corrected chi connectivity index (χ0v) is 16.6. The minimum atomic E-state index is -3.77. The van der Waals surface area contributed by atoms with Crippen molar-refractivity contribution in [2.45, 2.75) is 18.2 Å². The highest BCUT2D eigenvalue weighted by atomic mass is 32.2. The van der Waals surface area contributed by atoms with E-state index in [0.29, 0.717) is 12.1 Å². The first kappa shape index (κ1) is 19.7. The minimum Gasteiger partial charge on any atom is -0.323 e. The van der Waals surface area contributed by atoms with Gasteiger partial charge in [0.1, 0.15) is 5.01 Å². The average molecular weight is 415 g/mol. The Labute approximate surface area is 167 Å². The molecule has 1 aromatic heterocycles. The van der Waals surface area contributed by atoms with Crippen LogP contribution in [0.4, 0.5) is 10.8 Å². The highest BCUT2D eigenvalue weighted by Gasteiger charge is 2.16. The van der Waals surface area contributed by atoms with Crippen LogP contribution in [0.2, 0.25) is 0 Å². The number of carbonyl (C=O) groups excluding carboxylic acids is 1. The standard InChI is InChI=1S/C19H18N4O3S2/c1-2-18-21-22-19(27-18)23-28(25,26)16-11-9-15(10-12-16)20-17(24)13-8-14-6-4-3-5-7-14/h3-13H,2H2,1H3,(H,20,24)(H,22,23)/b13-8+. The maximum absolute atomic E-state index is 12.4. The molecule has 2 N–H and O–H groups in total. The van der Waals surface area contributed by atoms with Crippen LogP contribution < -0.4 is 10.0 Å². The van der Waals surface area contributed by atoms with E-state index in [4.69, 9.17) is 0 Å². The number of hydrogen-bond donors (Lipinski definition) is 2. The summed E-state index contributed by atoms with van der Waals surface area (Å²) in [6.45, 7) is 1.92. The molecule has 0 atom stereocenters. The van der Waals surface area contributed by atoms with E-state index in [1.165, 1.54) is 41.7 Å². The molecule has 7 nitrogen and oxygen atoms in total. The summed E-state index contributed by atoms with van der Waals surface area (Å²) >= 11 is 1.19. The zero-order valence-electron chi connectivity index (χ0n) is 15.0. The number of carbonyl (C=O) groups is 1. The number of amides is 1. The Morgan fingerprint density at radius 2 is 1.79 bits per heavy atom. The SMILES string of the molecule is CCc1nnc(NS(=O)(=O)c2ccc(NC(=O)/C=C/c3ccccc3)cc2)s1. The average Bonchev–Trinajstić information content (AvgIpc) is 3.14. The van der Waals surface area contributed by atoms with Crippen molar-refractivity contribution in [3.05, 3.63) is 71.2 Å². The highest BCUT2D eigenvalue weighted by Crippen LogP contribution is 2.21. The van der Waals surface area contributed by atoms with Gasteiger partial charge in [-0.15, -0.1) is 10.2 Å². The van der Waals surface area contributed by atoms with E-state index < -0.39 is 10.0 Å². The fourth-order valence-electron chi connectivity index (χ4n) is 2.25. The quantitative estimate of drug-likeness (QED) is 0.576.